The molecule has 82 valence electrons. The summed E-state index contributed by atoms with van der Waals surface area (Å²) in [7, 11) is 1.54. The van der Waals surface area contributed by atoms with Gasteiger partial charge in [0.25, 0.3) is 0 Å². The molecule has 0 amide bonds. The second-order valence-electron chi connectivity index (χ2n) is 3.22. The van der Waals surface area contributed by atoms with Crippen molar-refractivity contribution in [2.24, 2.45) is 0 Å². The van der Waals surface area contributed by atoms with Gasteiger partial charge in [0.2, 0.25) is 0 Å². The third-order valence-corrected chi connectivity index (χ3v) is 2.18. The standard InChI is InChI=1S/C11H12N4O/c1-16-10-7(5-6-14-11(10)13)8-3-2-4-9(12)15-8/h2-6H,1H3,(H2,12,15)(H2,13,14). The van der Waals surface area contributed by atoms with Gasteiger partial charge in [-0.25, -0.2) is 9.97 Å². The number of nitrogen functional groups attached to an aromatic ring is 2. The number of ether oxygens (including phenoxy) is 1. The van der Waals surface area contributed by atoms with Crippen molar-refractivity contribution in [3.63, 3.8) is 0 Å². The molecule has 2 aromatic heterocycles. The normalized spacial score (nSPS) is 10.1. The second kappa shape index (κ2) is 4.06. The van der Waals surface area contributed by atoms with Crippen LogP contribution in [0.25, 0.3) is 11.3 Å². The highest BCUT2D eigenvalue weighted by atomic mass is 16.5. The van der Waals surface area contributed by atoms with Crippen molar-refractivity contribution in [2.75, 3.05) is 18.6 Å². The summed E-state index contributed by atoms with van der Waals surface area (Å²) in [5.41, 5.74) is 12.8. The Morgan fingerprint density at radius 3 is 2.69 bits per heavy atom. The number of pyridine rings is 2. The fraction of sp³-hybridized carbons (Fsp3) is 0.0909. The molecular formula is C11H12N4O. The smallest absolute Gasteiger partial charge is 0.170 e. The third kappa shape index (κ3) is 1.75. The maximum atomic E-state index is 5.71. The van der Waals surface area contributed by atoms with E-state index in [9.17, 15) is 0 Å². The van der Waals surface area contributed by atoms with Gasteiger partial charge >= 0.3 is 0 Å². The Morgan fingerprint density at radius 2 is 2.00 bits per heavy atom. The summed E-state index contributed by atoms with van der Waals surface area (Å²) in [5.74, 6) is 1.31. The van der Waals surface area contributed by atoms with Gasteiger partial charge in [0.1, 0.15) is 5.82 Å². The highest BCUT2D eigenvalue weighted by Gasteiger charge is 2.10. The van der Waals surface area contributed by atoms with Crippen molar-refractivity contribution in [3.05, 3.63) is 30.5 Å². The zero-order valence-electron chi connectivity index (χ0n) is 8.84. The Labute approximate surface area is 93.1 Å². The molecule has 2 aromatic rings. The lowest BCUT2D eigenvalue weighted by Crippen LogP contribution is -1.99. The number of hydrogen-bond acceptors (Lipinski definition) is 5. The average molecular weight is 216 g/mol. The molecule has 0 saturated heterocycles. The summed E-state index contributed by atoms with van der Waals surface area (Å²) >= 11 is 0. The highest BCUT2D eigenvalue weighted by molar-refractivity contribution is 5.73. The molecule has 0 aliphatic rings. The molecule has 0 radical (unpaired) electrons. The number of aromatic nitrogens is 2. The van der Waals surface area contributed by atoms with Crippen molar-refractivity contribution < 1.29 is 4.74 Å². The van der Waals surface area contributed by atoms with Gasteiger partial charge in [-0.05, 0) is 18.2 Å². The van der Waals surface area contributed by atoms with E-state index in [4.69, 9.17) is 16.2 Å². The fourth-order valence-electron chi connectivity index (χ4n) is 1.48. The molecule has 0 aliphatic heterocycles. The van der Waals surface area contributed by atoms with Crippen LogP contribution < -0.4 is 16.2 Å². The quantitative estimate of drug-likeness (QED) is 0.790. The van der Waals surface area contributed by atoms with E-state index in [0.29, 0.717) is 23.1 Å². The topological polar surface area (TPSA) is 87.0 Å². The lowest BCUT2D eigenvalue weighted by Gasteiger charge is -2.09. The lowest BCUT2D eigenvalue weighted by atomic mass is 10.1. The van der Waals surface area contributed by atoms with E-state index in [2.05, 4.69) is 9.97 Å². The van der Waals surface area contributed by atoms with Crippen molar-refractivity contribution in [1.29, 1.82) is 0 Å². The van der Waals surface area contributed by atoms with Crippen LogP contribution in [0.5, 0.6) is 5.75 Å². The largest absolute Gasteiger partial charge is 0.492 e. The Kier molecular flexibility index (Phi) is 2.59. The van der Waals surface area contributed by atoms with Crippen LogP contribution in [0.4, 0.5) is 11.6 Å². The number of anilines is 2. The second-order valence-corrected chi connectivity index (χ2v) is 3.22. The van der Waals surface area contributed by atoms with Gasteiger partial charge in [-0.2, -0.15) is 0 Å². The van der Waals surface area contributed by atoms with Crippen molar-refractivity contribution in [1.82, 2.24) is 9.97 Å². The molecule has 0 unspecified atom stereocenters. The molecule has 5 heteroatoms. The minimum absolute atomic E-state index is 0.337. The van der Waals surface area contributed by atoms with Gasteiger partial charge < -0.3 is 16.2 Å². The van der Waals surface area contributed by atoms with E-state index < -0.39 is 0 Å². The summed E-state index contributed by atoms with van der Waals surface area (Å²) < 4.78 is 5.20. The van der Waals surface area contributed by atoms with Crippen LogP contribution >= 0.6 is 0 Å². The molecule has 2 rings (SSSR count). The molecular weight excluding hydrogens is 204 g/mol. The van der Waals surface area contributed by atoms with E-state index in [0.717, 1.165) is 5.56 Å². The van der Waals surface area contributed by atoms with Crippen LogP contribution in [-0.2, 0) is 0 Å². The molecule has 0 spiro atoms. The number of hydrogen-bond donors (Lipinski definition) is 2. The zero-order chi connectivity index (χ0) is 11.5. The van der Waals surface area contributed by atoms with Crippen LogP contribution in [-0.4, -0.2) is 17.1 Å². The first-order valence-electron chi connectivity index (χ1n) is 4.73. The Morgan fingerprint density at radius 1 is 1.19 bits per heavy atom. The van der Waals surface area contributed by atoms with Crippen LogP contribution in [0.3, 0.4) is 0 Å². The van der Waals surface area contributed by atoms with Gasteiger partial charge in [0.15, 0.2) is 11.6 Å². The van der Waals surface area contributed by atoms with E-state index in [1.807, 2.05) is 12.1 Å². The minimum Gasteiger partial charge on any atom is -0.492 e. The maximum absolute atomic E-state index is 5.71. The summed E-state index contributed by atoms with van der Waals surface area (Å²) in [5, 5.41) is 0. The fourth-order valence-corrected chi connectivity index (χ4v) is 1.48. The van der Waals surface area contributed by atoms with E-state index in [1.165, 1.54) is 0 Å². The molecule has 4 N–H and O–H groups in total. The molecule has 2 heterocycles. The predicted molar refractivity (Wildman–Crippen MR) is 62.8 cm³/mol. The average Bonchev–Trinajstić information content (AvgIpc) is 2.28. The Balaban J connectivity index is 2.60. The van der Waals surface area contributed by atoms with Crippen molar-refractivity contribution in [2.45, 2.75) is 0 Å². The Hall–Kier alpha value is -2.30. The Bertz CT molecular complexity index is 513. The molecule has 5 nitrogen and oxygen atoms in total. The summed E-state index contributed by atoms with van der Waals surface area (Å²) in [6.07, 6.45) is 1.61. The maximum Gasteiger partial charge on any atom is 0.170 e. The number of nitrogens with zero attached hydrogens (tertiary/aromatic N) is 2. The van der Waals surface area contributed by atoms with Crippen LogP contribution in [0.15, 0.2) is 30.5 Å². The summed E-state index contributed by atoms with van der Waals surface area (Å²) in [6, 6.07) is 7.18. The first-order chi connectivity index (χ1) is 7.72. The minimum atomic E-state index is 0.337. The van der Waals surface area contributed by atoms with E-state index >= 15 is 0 Å². The van der Waals surface area contributed by atoms with Crippen LogP contribution in [0.2, 0.25) is 0 Å². The summed E-state index contributed by atoms with van der Waals surface area (Å²) in [4.78, 5) is 8.16. The molecule has 0 aliphatic carbocycles. The van der Waals surface area contributed by atoms with Gasteiger partial charge in [-0.15, -0.1) is 0 Å². The summed E-state index contributed by atoms with van der Waals surface area (Å²) in [6.45, 7) is 0. The van der Waals surface area contributed by atoms with Crippen molar-refractivity contribution >= 4 is 11.6 Å². The van der Waals surface area contributed by atoms with Gasteiger partial charge in [-0.1, -0.05) is 6.07 Å². The predicted octanol–water partition coefficient (Wildman–Crippen LogP) is 1.32. The van der Waals surface area contributed by atoms with Gasteiger partial charge in [0.05, 0.1) is 12.8 Å². The highest BCUT2D eigenvalue weighted by Crippen LogP contribution is 2.32. The van der Waals surface area contributed by atoms with E-state index in [1.54, 1.807) is 25.4 Å². The zero-order valence-corrected chi connectivity index (χ0v) is 8.84. The molecule has 0 fully saturated rings. The number of rotatable bonds is 2. The SMILES string of the molecule is COc1c(-c2cccc(N)n2)ccnc1N. The van der Waals surface area contributed by atoms with Crippen molar-refractivity contribution in [3.8, 4) is 17.0 Å². The van der Waals surface area contributed by atoms with Gasteiger partial charge in [0, 0.05) is 11.8 Å². The number of nitrogens with two attached hydrogens (primary N) is 2. The first-order valence-corrected chi connectivity index (χ1v) is 4.73. The molecule has 0 aromatic carbocycles. The first kappa shape index (κ1) is 10.2. The van der Waals surface area contributed by atoms with Gasteiger partial charge in [-0.3, -0.25) is 0 Å². The molecule has 16 heavy (non-hydrogen) atoms. The number of methoxy groups -OCH3 is 1. The molecule has 0 saturated carbocycles. The monoisotopic (exact) mass is 216 g/mol. The molecule has 0 bridgehead atoms. The van der Waals surface area contributed by atoms with Crippen LogP contribution in [0.1, 0.15) is 0 Å². The lowest BCUT2D eigenvalue weighted by molar-refractivity contribution is 0.417. The third-order valence-electron chi connectivity index (χ3n) is 2.18. The molecule has 0 atom stereocenters. The van der Waals surface area contributed by atoms with Crippen LogP contribution in [0, 0.1) is 0 Å². The van der Waals surface area contributed by atoms with E-state index in [-0.39, 0.29) is 0 Å².